The van der Waals surface area contributed by atoms with Crippen LogP contribution < -0.4 is 5.32 Å². The van der Waals surface area contributed by atoms with Gasteiger partial charge in [-0.2, -0.15) is 0 Å². The second kappa shape index (κ2) is 9.13. The quantitative estimate of drug-likeness (QED) is 0.401. The third kappa shape index (κ3) is 4.54. The van der Waals surface area contributed by atoms with E-state index in [1.807, 2.05) is 48.5 Å². The highest BCUT2D eigenvalue weighted by Crippen LogP contribution is 2.25. The average molecular weight is 417 g/mol. The maximum atomic E-state index is 12.5. The van der Waals surface area contributed by atoms with Gasteiger partial charge in [-0.05, 0) is 42.3 Å². The van der Waals surface area contributed by atoms with Crippen molar-refractivity contribution in [2.75, 3.05) is 11.1 Å². The van der Waals surface area contributed by atoms with Crippen molar-refractivity contribution in [1.82, 2.24) is 14.8 Å². The first-order chi connectivity index (χ1) is 14.6. The Hall–Kier alpha value is -3.12. The lowest BCUT2D eigenvalue weighted by Gasteiger charge is -2.10. The number of aryl methyl sites for hydroxylation is 1. The molecule has 30 heavy (non-hydrogen) atoms. The second-order valence-electron chi connectivity index (χ2n) is 7.23. The summed E-state index contributed by atoms with van der Waals surface area (Å²) in [6.45, 7) is 5.00. The number of thioether (sulfide) groups is 1. The number of nitrogens with zero attached hydrogens (tertiary/aromatic N) is 3. The third-order valence-corrected chi connectivity index (χ3v) is 5.77. The molecule has 4 rings (SSSR count). The summed E-state index contributed by atoms with van der Waals surface area (Å²) in [5, 5.41) is 14.8. The highest BCUT2D eigenvalue weighted by molar-refractivity contribution is 7.99. The highest BCUT2D eigenvalue weighted by Gasteiger charge is 2.15. The van der Waals surface area contributed by atoms with Crippen molar-refractivity contribution in [3.8, 4) is 11.4 Å². The Bertz CT molecular complexity index is 1180. The third-order valence-electron chi connectivity index (χ3n) is 4.81. The van der Waals surface area contributed by atoms with Crippen molar-refractivity contribution in [3.05, 3.63) is 72.3 Å². The number of carbonyl (C=O) groups is 1. The molecule has 1 aromatic heterocycles. The largest absolute Gasteiger partial charge is 0.325 e. The first-order valence-electron chi connectivity index (χ1n) is 10.1. The van der Waals surface area contributed by atoms with Crippen molar-refractivity contribution < 1.29 is 4.79 Å². The highest BCUT2D eigenvalue weighted by atomic mass is 32.2. The van der Waals surface area contributed by atoms with E-state index in [4.69, 9.17) is 0 Å². The molecule has 0 spiro atoms. The minimum atomic E-state index is -0.0570. The smallest absolute Gasteiger partial charge is 0.234 e. The summed E-state index contributed by atoms with van der Waals surface area (Å²) in [7, 11) is 0. The zero-order valence-corrected chi connectivity index (χ0v) is 17.9. The fraction of sp³-hybridized carbons (Fsp3) is 0.208. The van der Waals surface area contributed by atoms with Gasteiger partial charge in [0.2, 0.25) is 5.91 Å². The van der Waals surface area contributed by atoms with Gasteiger partial charge in [0.25, 0.3) is 0 Å². The van der Waals surface area contributed by atoms with Crippen LogP contribution in [0.2, 0.25) is 0 Å². The van der Waals surface area contributed by atoms with Crippen molar-refractivity contribution in [3.63, 3.8) is 0 Å². The number of nitrogens with one attached hydrogen (secondary N) is 1. The normalized spacial score (nSPS) is 11.0. The van der Waals surface area contributed by atoms with E-state index in [9.17, 15) is 4.79 Å². The molecule has 1 amide bonds. The minimum absolute atomic E-state index is 0.0570. The molecule has 3 aromatic carbocycles. The van der Waals surface area contributed by atoms with E-state index in [-0.39, 0.29) is 11.7 Å². The number of amides is 1. The van der Waals surface area contributed by atoms with Crippen LogP contribution in [0.3, 0.4) is 0 Å². The van der Waals surface area contributed by atoms with E-state index < -0.39 is 0 Å². The molecule has 0 bridgehead atoms. The summed E-state index contributed by atoms with van der Waals surface area (Å²) in [5.41, 5.74) is 3.03. The van der Waals surface area contributed by atoms with Crippen LogP contribution in [0, 0.1) is 6.92 Å². The molecule has 5 nitrogen and oxygen atoms in total. The van der Waals surface area contributed by atoms with Gasteiger partial charge >= 0.3 is 0 Å². The number of hydrogen-bond donors (Lipinski definition) is 1. The fourth-order valence-electron chi connectivity index (χ4n) is 3.41. The molecule has 0 unspecified atom stereocenters. The molecule has 0 radical (unpaired) electrons. The van der Waals surface area contributed by atoms with Crippen molar-refractivity contribution in [2.45, 2.75) is 32.0 Å². The first kappa shape index (κ1) is 20.2. The summed E-state index contributed by atoms with van der Waals surface area (Å²) < 4.78 is 2.10. The summed E-state index contributed by atoms with van der Waals surface area (Å²) in [5.74, 6) is 1.07. The van der Waals surface area contributed by atoms with Gasteiger partial charge in [0.05, 0.1) is 5.75 Å². The van der Waals surface area contributed by atoms with Gasteiger partial charge in [-0.15, -0.1) is 10.2 Å². The molecule has 1 N–H and O–H groups in total. The zero-order valence-electron chi connectivity index (χ0n) is 17.1. The van der Waals surface area contributed by atoms with Crippen molar-refractivity contribution in [1.29, 1.82) is 0 Å². The SMILES string of the molecule is CCCn1c(SCC(=O)Nc2ccc3ccccc3c2)nnc1-c1cccc(C)c1. The molecule has 152 valence electrons. The first-order valence-corrected chi connectivity index (χ1v) is 11.0. The van der Waals surface area contributed by atoms with E-state index in [0.29, 0.717) is 0 Å². The number of fused-ring (bicyclic) bond motifs is 1. The van der Waals surface area contributed by atoms with Gasteiger partial charge in [-0.1, -0.05) is 72.8 Å². The van der Waals surface area contributed by atoms with E-state index in [0.717, 1.165) is 46.0 Å². The van der Waals surface area contributed by atoms with Gasteiger partial charge in [0.15, 0.2) is 11.0 Å². The topological polar surface area (TPSA) is 59.8 Å². The molecule has 0 aliphatic rings. The minimum Gasteiger partial charge on any atom is -0.325 e. The Morgan fingerprint density at radius 3 is 2.63 bits per heavy atom. The van der Waals surface area contributed by atoms with Crippen LogP contribution >= 0.6 is 11.8 Å². The number of anilines is 1. The van der Waals surface area contributed by atoms with Crippen LogP contribution in [-0.4, -0.2) is 26.4 Å². The van der Waals surface area contributed by atoms with Crippen LogP contribution in [0.1, 0.15) is 18.9 Å². The Balaban J connectivity index is 1.46. The van der Waals surface area contributed by atoms with E-state index in [1.165, 1.54) is 17.3 Å². The van der Waals surface area contributed by atoms with Crippen molar-refractivity contribution in [2.24, 2.45) is 0 Å². The predicted octanol–water partition coefficient (Wildman–Crippen LogP) is 5.55. The molecule has 0 aliphatic carbocycles. The summed E-state index contributed by atoms with van der Waals surface area (Å²) >= 11 is 1.41. The van der Waals surface area contributed by atoms with Gasteiger partial charge in [-0.25, -0.2) is 0 Å². The van der Waals surface area contributed by atoms with E-state index in [1.54, 1.807) is 0 Å². The number of aromatic nitrogens is 3. The lowest BCUT2D eigenvalue weighted by atomic mass is 10.1. The molecule has 4 aromatic rings. The number of rotatable bonds is 7. The summed E-state index contributed by atoms with van der Waals surface area (Å²) in [4.78, 5) is 12.5. The maximum absolute atomic E-state index is 12.5. The monoisotopic (exact) mass is 416 g/mol. The second-order valence-corrected chi connectivity index (χ2v) is 8.17. The lowest BCUT2D eigenvalue weighted by Crippen LogP contribution is -2.14. The number of carbonyl (C=O) groups excluding carboxylic acids is 1. The Labute approximate surface area is 180 Å². The molecule has 1 heterocycles. The van der Waals surface area contributed by atoms with Gasteiger partial charge in [0, 0.05) is 17.8 Å². The Morgan fingerprint density at radius 2 is 1.83 bits per heavy atom. The predicted molar refractivity (Wildman–Crippen MR) is 124 cm³/mol. The van der Waals surface area contributed by atoms with Gasteiger partial charge in [0.1, 0.15) is 0 Å². The molecule has 6 heteroatoms. The van der Waals surface area contributed by atoms with E-state index in [2.05, 4.69) is 52.1 Å². The number of benzene rings is 3. The molecule has 0 aliphatic heterocycles. The fourth-order valence-corrected chi connectivity index (χ4v) is 4.18. The van der Waals surface area contributed by atoms with Crippen LogP contribution in [0.5, 0.6) is 0 Å². The van der Waals surface area contributed by atoms with Crippen LogP contribution in [0.25, 0.3) is 22.2 Å². The van der Waals surface area contributed by atoms with Crippen LogP contribution in [0.15, 0.2) is 71.9 Å². The Kier molecular flexibility index (Phi) is 6.14. The Morgan fingerprint density at radius 1 is 1.00 bits per heavy atom. The molecular weight excluding hydrogens is 392 g/mol. The molecule has 0 saturated carbocycles. The lowest BCUT2D eigenvalue weighted by molar-refractivity contribution is -0.113. The summed E-state index contributed by atoms with van der Waals surface area (Å²) in [6.07, 6.45) is 0.966. The molecule has 0 atom stereocenters. The molecular formula is C24H24N4OS. The maximum Gasteiger partial charge on any atom is 0.234 e. The van der Waals surface area contributed by atoms with Crippen molar-refractivity contribution >= 4 is 34.1 Å². The van der Waals surface area contributed by atoms with Crippen LogP contribution in [0.4, 0.5) is 5.69 Å². The molecule has 0 saturated heterocycles. The van der Waals surface area contributed by atoms with Gasteiger partial charge in [-0.3, -0.25) is 4.79 Å². The van der Waals surface area contributed by atoms with Gasteiger partial charge < -0.3 is 9.88 Å². The van der Waals surface area contributed by atoms with E-state index >= 15 is 0 Å². The average Bonchev–Trinajstić information content (AvgIpc) is 3.15. The zero-order chi connectivity index (χ0) is 20.9. The number of hydrogen-bond acceptors (Lipinski definition) is 4. The van der Waals surface area contributed by atoms with Crippen LogP contribution in [-0.2, 0) is 11.3 Å². The molecule has 0 fully saturated rings. The summed E-state index contributed by atoms with van der Waals surface area (Å²) in [6, 6.07) is 22.3. The standard InChI is InChI=1S/C24H24N4OS/c1-3-13-28-23(20-10-6-7-17(2)14-20)26-27-24(28)30-16-22(29)25-21-12-11-18-8-4-5-9-19(18)15-21/h4-12,14-15H,3,13,16H2,1-2H3,(H,25,29).